The molecule has 2 heterocycles. The number of hydrogen-bond donors (Lipinski definition) is 1. The fraction of sp³-hybridized carbons (Fsp3) is 0.333. The lowest BCUT2D eigenvalue weighted by Gasteiger charge is -1.98. The average Bonchev–Trinajstić information content (AvgIpc) is 2.87. The van der Waals surface area contributed by atoms with Gasteiger partial charge in [0.1, 0.15) is 0 Å². The van der Waals surface area contributed by atoms with Crippen molar-refractivity contribution < 1.29 is 0 Å². The summed E-state index contributed by atoms with van der Waals surface area (Å²) in [5.74, 6) is 0. The van der Waals surface area contributed by atoms with Crippen molar-refractivity contribution in [3.8, 4) is 0 Å². The van der Waals surface area contributed by atoms with E-state index in [2.05, 4.69) is 14.5 Å². The van der Waals surface area contributed by atoms with E-state index in [4.69, 9.17) is 0 Å². The molecule has 0 unspecified atom stereocenters. The topological polar surface area (TPSA) is 50.7 Å². The first-order valence-corrected chi connectivity index (χ1v) is 4.40. The largest absolute Gasteiger partial charge is 0.327 e. The summed E-state index contributed by atoms with van der Waals surface area (Å²) in [5, 5.41) is 0. The van der Waals surface area contributed by atoms with Gasteiger partial charge in [-0.05, 0) is 18.9 Å². The third kappa shape index (κ3) is 0.915. The summed E-state index contributed by atoms with van der Waals surface area (Å²) in [4.78, 5) is 18.0. The van der Waals surface area contributed by atoms with E-state index in [-0.39, 0.29) is 5.56 Å². The van der Waals surface area contributed by atoms with Gasteiger partial charge in [0.05, 0.1) is 11.8 Å². The van der Waals surface area contributed by atoms with Crippen molar-refractivity contribution >= 4 is 11.0 Å². The number of fused-ring (bicyclic) bond motifs is 1. The summed E-state index contributed by atoms with van der Waals surface area (Å²) in [6.07, 6.45) is 5.85. The van der Waals surface area contributed by atoms with Gasteiger partial charge in [-0.15, -0.1) is 0 Å². The van der Waals surface area contributed by atoms with Gasteiger partial charge in [0, 0.05) is 12.2 Å². The number of nitrogens with zero attached hydrogens (tertiary/aromatic N) is 2. The van der Waals surface area contributed by atoms with Crippen LogP contribution in [-0.4, -0.2) is 14.5 Å². The standard InChI is InChI=1S/C9H9N3O/c13-9-8-7(3-4-10-9)12(5-11-8)6-1-2-6/h3-6H,1-2H2,(H,10,13). The first kappa shape index (κ1) is 6.88. The maximum Gasteiger partial charge on any atom is 0.276 e. The van der Waals surface area contributed by atoms with Crippen molar-refractivity contribution in [2.24, 2.45) is 0 Å². The van der Waals surface area contributed by atoms with E-state index in [1.54, 1.807) is 12.5 Å². The molecule has 1 aliphatic rings. The molecule has 0 radical (unpaired) electrons. The zero-order valence-electron chi connectivity index (χ0n) is 7.03. The van der Waals surface area contributed by atoms with Crippen LogP contribution in [-0.2, 0) is 0 Å². The molecule has 0 aliphatic heterocycles. The molecule has 4 nitrogen and oxygen atoms in total. The summed E-state index contributed by atoms with van der Waals surface area (Å²) in [5.41, 5.74) is 1.40. The smallest absolute Gasteiger partial charge is 0.276 e. The van der Waals surface area contributed by atoms with Crippen LogP contribution < -0.4 is 5.56 Å². The second-order valence-electron chi connectivity index (χ2n) is 3.42. The normalized spacial score (nSPS) is 16.6. The highest BCUT2D eigenvalue weighted by Crippen LogP contribution is 2.36. The third-order valence-corrected chi connectivity index (χ3v) is 2.44. The molecular weight excluding hydrogens is 166 g/mol. The zero-order chi connectivity index (χ0) is 8.84. The van der Waals surface area contributed by atoms with Gasteiger partial charge < -0.3 is 9.55 Å². The number of nitrogens with one attached hydrogen (secondary N) is 1. The minimum Gasteiger partial charge on any atom is -0.327 e. The van der Waals surface area contributed by atoms with Crippen LogP contribution in [0.3, 0.4) is 0 Å². The maximum absolute atomic E-state index is 11.3. The van der Waals surface area contributed by atoms with Crippen LogP contribution in [0.15, 0.2) is 23.4 Å². The minimum atomic E-state index is -0.100. The van der Waals surface area contributed by atoms with Crippen LogP contribution in [0.25, 0.3) is 11.0 Å². The Kier molecular flexibility index (Phi) is 1.17. The molecular formula is C9H9N3O. The van der Waals surface area contributed by atoms with Gasteiger partial charge in [-0.3, -0.25) is 4.79 Å². The number of pyridine rings is 1. The fourth-order valence-corrected chi connectivity index (χ4v) is 1.62. The van der Waals surface area contributed by atoms with E-state index in [1.165, 1.54) is 12.8 Å². The molecule has 2 aromatic heterocycles. The van der Waals surface area contributed by atoms with E-state index in [0.717, 1.165) is 5.52 Å². The van der Waals surface area contributed by atoms with Crippen LogP contribution in [0.5, 0.6) is 0 Å². The molecule has 1 N–H and O–H groups in total. The maximum atomic E-state index is 11.3. The first-order chi connectivity index (χ1) is 6.36. The van der Waals surface area contributed by atoms with Gasteiger partial charge in [-0.2, -0.15) is 0 Å². The summed E-state index contributed by atoms with van der Waals surface area (Å²) >= 11 is 0. The quantitative estimate of drug-likeness (QED) is 0.704. The summed E-state index contributed by atoms with van der Waals surface area (Å²) in [6, 6.07) is 2.48. The number of imidazole rings is 1. The Bertz CT molecular complexity index is 507. The summed E-state index contributed by atoms with van der Waals surface area (Å²) in [6.45, 7) is 0. The molecule has 1 aliphatic carbocycles. The van der Waals surface area contributed by atoms with Gasteiger partial charge in [0.25, 0.3) is 5.56 Å². The Morgan fingerprint density at radius 2 is 2.38 bits per heavy atom. The average molecular weight is 175 g/mol. The molecule has 0 spiro atoms. The Morgan fingerprint density at radius 3 is 3.15 bits per heavy atom. The molecule has 0 saturated heterocycles. The Morgan fingerprint density at radius 1 is 1.54 bits per heavy atom. The van der Waals surface area contributed by atoms with E-state index in [1.807, 2.05) is 6.07 Å². The molecule has 13 heavy (non-hydrogen) atoms. The van der Waals surface area contributed by atoms with Gasteiger partial charge >= 0.3 is 0 Å². The van der Waals surface area contributed by atoms with Gasteiger partial charge in [-0.25, -0.2) is 4.98 Å². The molecule has 0 aromatic carbocycles. The van der Waals surface area contributed by atoms with Crippen molar-refractivity contribution in [3.05, 3.63) is 28.9 Å². The molecule has 4 heteroatoms. The van der Waals surface area contributed by atoms with Crippen molar-refractivity contribution in [3.63, 3.8) is 0 Å². The lowest BCUT2D eigenvalue weighted by atomic mass is 10.4. The predicted octanol–water partition coefficient (Wildman–Crippen LogP) is 1.06. The van der Waals surface area contributed by atoms with E-state index in [0.29, 0.717) is 11.6 Å². The zero-order valence-corrected chi connectivity index (χ0v) is 7.03. The Labute approximate surface area is 74.2 Å². The molecule has 0 amide bonds. The highest BCUT2D eigenvalue weighted by Gasteiger charge is 2.25. The highest BCUT2D eigenvalue weighted by atomic mass is 16.1. The second-order valence-corrected chi connectivity index (χ2v) is 3.42. The highest BCUT2D eigenvalue weighted by molar-refractivity contribution is 5.73. The van der Waals surface area contributed by atoms with Crippen molar-refractivity contribution in [2.45, 2.75) is 18.9 Å². The van der Waals surface area contributed by atoms with Crippen LogP contribution in [0, 0.1) is 0 Å². The van der Waals surface area contributed by atoms with Crippen molar-refractivity contribution in [1.82, 2.24) is 14.5 Å². The van der Waals surface area contributed by atoms with Crippen molar-refractivity contribution in [2.75, 3.05) is 0 Å². The molecule has 2 aromatic rings. The fourth-order valence-electron chi connectivity index (χ4n) is 1.62. The van der Waals surface area contributed by atoms with E-state index >= 15 is 0 Å². The molecule has 3 rings (SSSR count). The van der Waals surface area contributed by atoms with Gasteiger partial charge in [0.2, 0.25) is 0 Å². The summed E-state index contributed by atoms with van der Waals surface area (Å²) in [7, 11) is 0. The molecule has 1 fully saturated rings. The van der Waals surface area contributed by atoms with E-state index < -0.39 is 0 Å². The first-order valence-electron chi connectivity index (χ1n) is 4.40. The Balaban J connectivity index is 2.38. The van der Waals surface area contributed by atoms with E-state index in [9.17, 15) is 4.79 Å². The SMILES string of the molecule is O=c1[nH]ccc2c1ncn2C1CC1. The second kappa shape index (κ2) is 2.22. The van der Waals surface area contributed by atoms with Crippen LogP contribution in [0.1, 0.15) is 18.9 Å². The van der Waals surface area contributed by atoms with Crippen LogP contribution in [0.4, 0.5) is 0 Å². The number of H-pyrrole nitrogens is 1. The number of rotatable bonds is 1. The molecule has 1 saturated carbocycles. The van der Waals surface area contributed by atoms with Gasteiger partial charge in [0.15, 0.2) is 5.52 Å². The Hall–Kier alpha value is -1.58. The van der Waals surface area contributed by atoms with Crippen molar-refractivity contribution in [1.29, 1.82) is 0 Å². The lowest BCUT2D eigenvalue weighted by Crippen LogP contribution is -2.04. The molecule has 0 bridgehead atoms. The number of hydrogen-bond acceptors (Lipinski definition) is 2. The number of aromatic nitrogens is 3. The van der Waals surface area contributed by atoms with Gasteiger partial charge in [-0.1, -0.05) is 0 Å². The lowest BCUT2D eigenvalue weighted by molar-refractivity contribution is 0.765. The molecule has 66 valence electrons. The minimum absolute atomic E-state index is 0.100. The molecule has 0 atom stereocenters. The monoisotopic (exact) mass is 175 g/mol. The third-order valence-electron chi connectivity index (χ3n) is 2.44. The van der Waals surface area contributed by atoms with Crippen LogP contribution in [0.2, 0.25) is 0 Å². The number of aromatic amines is 1. The summed E-state index contributed by atoms with van der Waals surface area (Å²) < 4.78 is 2.09. The predicted molar refractivity (Wildman–Crippen MR) is 48.6 cm³/mol. The van der Waals surface area contributed by atoms with Crippen LogP contribution >= 0.6 is 0 Å².